The second-order valence-electron chi connectivity index (χ2n) is 7.39. The third kappa shape index (κ3) is 3.36. The van der Waals surface area contributed by atoms with Crippen molar-refractivity contribution in [2.75, 3.05) is 18.4 Å². The largest absolute Gasteiger partial charge is 0.335 e. The van der Waals surface area contributed by atoms with Crippen LogP contribution in [0.3, 0.4) is 0 Å². The minimum absolute atomic E-state index is 0.215. The van der Waals surface area contributed by atoms with Crippen molar-refractivity contribution in [2.45, 2.75) is 25.8 Å². The van der Waals surface area contributed by atoms with E-state index >= 15 is 0 Å². The van der Waals surface area contributed by atoms with Crippen LogP contribution >= 0.6 is 0 Å². The minimum Gasteiger partial charge on any atom is -0.335 e. The summed E-state index contributed by atoms with van der Waals surface area (Å²) in [5.41, 5.74) is 3.94. The van der Waals surface area contributed by atoms with Gasteiger partial charge in [-0.2, -0.15) is 5.10 Å². The molecule has 1 aliphatic rings. The van der Waals surface area contributed by atoms with Crippen LogP contribution in [0.15, 0.2) is 49.2 Å². The number of anilines is 2. The summed E-state index contributed by atoms with van der Waals surface area (Å²) in [5.74, 6) is 0.440. The molecule has 148 valence electrons. The van der Waals surface area contributed by atoms with E-state index in [1.54, 1.807) is 25.4 Å². The van der Waals surface area contributed by atoms with Crippen LogP contribution in [0, 0.1) is 12.7 Å². The van der Waals surface area contributed by atoms with Crippen molar-refractivity contribution >= 4 is 17.2 Å². The van der Waals surface area contributed by atoms with Gasteiger partial charge in [-0.25, -0.2) is 14.4 Å². The quantitative estimate of drug-likeness (QED) is 0.555. The zero-order valence-corrected chi connectivity index (χ0v) is 16.1. The van der Waals surface area contributed by atoms with E-state index in [1.165, 1.54) is 6.07 Å². The van der Waals surface area contributed by atoms with E-state index in [0.717, 1.165) is 42.9 Å². The lowest BCUT2D eigenvalue weighted by atomic mass is 10.1. The second-order valence-corrected chi connectivity index (χ2v) is 7.39. The van der Waals surface area contributed by atoms with E-state index in [2.05, 4.69) is 25.7 Å². The Morgan fingerprint density at radius 2 is 2.03 bits per heavy atom. The van der Waals surface area contributed by atoms with Gasteiger partial charge in [0.2, 0.25) is 0 Å². The molecule has 3 aromatic heterocycles. The highest BCUT2D eigenvalue weighted by Crippen LogP contribution is 2.27. The first-order valence-electron chi connectivity index (χ1n) is 9.79. The van der Waals surface area contributed by atoms with Gasteiger partial charge < -0.3 is 10.6 Å². The summed E-state index contributed by atoms with van der Waals surface area (Å²) in [7, 11) is 0. The average molecular weight is 391 g/mol. The summed E-state index contributed by atoms with van der Waals surface area (Å²) in [6, 6.07) is 5.49. The molecule has 0 spiro atoms. The van der Waals surface area contributed by atoms with Crippen LogP contribution < -0.4 is 10.6 Å². The Balaban J connectivity index is 1.45. The van der Waals surface area contributed by atoms with Gasteiger partial charge in [-0.15, -0.1) is 0 Å². The van der Waals surface area contributed by atoms with Gasteiger partial charge in [0.05, 0.1) is 29.8 Å². The molecule has 7 nitrogen and oxygen atoms in total. The molecule has 0 unspecified atom stereocenters. The minimum atomic E-state index is -0.215. The highest BCUT2D eigenvalue weighted by Gasteiger charge is 2.17. The maximum absolute atomic E-state index is 13.7. The monoisotopic (exact) mass is 391 g/mol. The standard InChI is InChI=1S/C21H22FN7/c1-14-10-15(2-3-18(14)22)19-12-25-20(21-24-8-9-28(19)21)27-16-11-26-29(13-16)17-4-6-23-7-5-17/h2-3,8-13,17,23H,4-7H2,1H3,(H,25,27). The molecular formula is C21H22FN7. The van der Waals surface area contributed by atoms with E-state index in [9.17, 15) is 4.39 Å². The van der Waals surface area contributed by atoms with Gasteiger partial charge in [0.15, 0.2) is 11.5 Å². The molecule has 0 saturated carbocycles. The lowest BCUT2D eigenvalue weighted by Gasteiger charge is -2.22. The number of benzene rings is 1. The Hall–Kier alpha value is -3.26. The van der Waals surface area contributed by atoms with E-state index in [-0.39, 0.29) is 5.82 Å². The summed E-state index contributed by atoms with van der Waals surface area (Å²) in [4.78, 5) is 9.06. The molecule has 4 aromatic rings. The van der Waals surface area contributed by atoms with Crippen LogP contribution in [0.2, 0.25) is 0 Å². The number of nitrogens with zero attached hydrogens (tertiary/aromatic N) is 5. The molecule has 0 radical (unpaired) electrons. The van der Waals surface area contributed by atoms with Crippen molar-refractivity contribution in [3.8, 4) is 11.3 Å². The van der Waals surface area contributed by atoms with Gasteiger partial charge in [0.1, 0.15) is 5.82 Å². The number of aryl methyl sites for hydroxylation is 1. The van der Waals surface area contributed by atoms with Crippen molar-refractivity contribution in [1.29, 1.82) is 0 Å². The van der Waals surface area contributed by atoms with Crippen LogP contribution in [-0.4, -0.2) is 37.2 Å². The number of fused-ring (bicyclic) bond motifs is 1. The molecule has 0 atom stereocenters. The Morgan fingerprint density at radius 1 is 1.17 bits per heavy atom. The van der Waals surface area contributed by atoms with Gasteiger partial charge in [-0.1, -0.05) is 0 Å². The molecule has 1 saturated heterocycles. The number of imidazole rings is 1. The van der Waals surface area contributed by atoms with Crippen molar-refractivity contribution < 1.29 is 4.39 Å². The molecule has 8 heteroatoms. The lowest BCUT2D eigenvalue weighted by molar-refractivity contribution is 0.343. The Morgan fingerprint density at radius 3 is 2.86 bits per heavy atom. The molecule has 2 N–H and O–H groups in total. The Bertz CT molecular complexity index is 1160. The van der Waals surface area contributed by atoms with Crippen molar-refractivity contribution in [1.82, 2.24) is 29.5 Å². The number of hydrogen-bond acceptors (Lipinski definition) is 5. The first kappa shape index (κ1) is 17.8. The molecule has 29 heavy (non-hydrogen) atoms. The molecule has 0 bridgehead atoms. The average Bonchev–Trinajstić information content (AvgIpc) is 3.41. The SMILES string of the molecule is Cc1cc(-c2cnc(Nc3cnn(C4CCNCC4)c3)c3nccn23)ccc1F. The zero-order valence-electron chi connectivity index (χ0n) is 16.1. The van der Waals surface area contributed by atoms with Crippen LogP contribution in [-0.2, 0) is 0 Å². The number of piperidine rings is 1. The fourth-order valence-electron chi connectivity index (χ4n) is 3.83. The number of aromatic nitrogens is 5. The third-order valence-corrected chi connectivity index (χ3v) is 5.43. The summed E-state index contributed by atoms with van der Waals surface area (Å²) in [6.45, 7) is 3.80. The molecule has 1 aliphatic heterocycles. The molecule has 4 heterocycles. The highest BCUT2D eigenvalue weighted by atomic mass is 19.1. The van der Waals surface area contributed by atoms with Crippen LogP contribution in [0.5, 0.6) is 0 Å². The van der Waals surface area contributed by atoms with Crippen molar-refractivity contribution in [3.63, 3.8) is 0 Å². The van der Waals surface area contributed by atoms with Gasteiger partial charge >= 0.3 is 0 Å². The summed E-state index contributed by atoms with van der Waals surface area (Å²) < 4.78 is 17.6. The van der Waals surface area contributed by atoms with Gasteiger partial charge in [0, 0.05) is 24.2 Å². The van der Waals surface area contributed by atoms with Crippen LogP contribution in [0.4, 0.5) is 15.9 Å². The smallest absolute Gasteiger partial charge is 0.180 e. The fraction of sp³-hybridized carbons (Fsp3) is 0.286. The first-order chi connectivity index (χ1) is 14.2. The molecule has 1 fully saturated rings. The second kappa shape index (κ2) is 7.29. The zero-order chi connectivity index (χ0) is 19.8. The first-order valence-corrected chi connectivity index (χ1v) is 9.79. The molecule has 1 aromatic carbocycles. The highest BCUT2D eigenvalue weighted by molar-refractivity contribution is 5.74. The van der Waals surface area contributed by atoms with Gasteiger partial charge in [0.25, 0.3) is 0 Å². The van der Waals surface area contributed by atoms with E-state index in [0.29, 0.717) is 23.1 Å². The molecule has 0 aliphatic carbocycles. The van der Waals surface area contributed by atoms with Crippen LogP contribution in [0.1, 0.15) is 24.4 Å². The van der Waals surface area contributed by atoms with E-state index < -0.39 is 0 Å². The maximum Gasteiger partial charge on any atom is 0.180 e. The molecule has 5 rings (SSSR count). The summed E-state index contributed by atoms with van der Waals surface area (Å²) in [5, 5.41) is 11.2. The number of halogens is 1. The number of nitrogens with one attached hydrogen (secondary N) is 2. The number of rotatable bonds is 4. The van der Waals surface area contributed by atoms with E-state index in [4.69, 9.17) is 0 Å². The number of hydrogen-bond donors (Lipinski definition) is 2. The lowest BCUT2D eigenvalue weighted by Crippen LogP contribution is -2.29. The summed E-state index contributed by atoms with van der Waals surface area (Å²) in [6.07, 6.45) is 11.4. The van der Waals surface area contributed by atoms with Crippen molar-refractivity contribution in [2.24, 2.45) is 0 Å². The maximum atomic E-state index is 13.7. The van der Waals surface area contributed by atoms with E-state index in [1.807, 2.05) is 33.7 Å². The normalized spacial score (nSPS) is 15.1. The fourth-order valence-corrected chi connectivity index (χ4v) is 3.83. The van der Waals surface area contributed by atoms with Gasteiger partial charge in [-0.3, -0.25) is 9.08 Å². The van der Waals surface area contributed by atoms with Crippen molar-refractivity contribution in [3.05, 3.63) is 60.6 Å². The molecule has 0 amide bonds. The van der Waals surface area contributed by atoms with Crippen LogP contribution in [0.25, 0.3) is 16.9 Å². The van der Waals surface area contributed by atoms with Gasteiger partial charge in [-0.05, 0) is 56.6 Å². The third-order valence-electron chi connectivity index (χ3n) is 5.43. The summed E-state index contributed by atoms with van der Waals surface area (Å²) >= 11 is 0. The Kier molecular flexibility index (Phi) is 4.48. The predicted molar refractivity (Wildman–Crippen MR) is 110 cm³/mol. The predicted octanol–water partition coefficient (Wildman–Crippen LogP) is 3.71. The molecular weight excluding hydrogens is 369 g/mol. The topological polar surface area (TPSA) is 72.1 Å². The Labute approximate surface area is 167 Å².